The molecule has 2 rings (SSSR count). The Morgan fingerprint density at radius 1 is 1.28 bits per heavy atom. The van der Waals surface area contributed by atoms with Crippen molar-refractivity contribution >= 4 is 0 Å². The highest BCUT2D eigenvalue weighted by atomic mass is 16.5. The van der Waals surface area contributed by atoms with E-state index in [-0.39, 0.29) is 6.04 Å². The highest BCUT2D eigenvalue weighted by molar-refractivity contribution is 5.28. The number of rotatable bonds is 5. The third kappa shape index (κ3) is 3.31. The van der Waals surface area contributed by atoms with Gasteiger partial charge in [-0.1, -0.05) is 18.2 Å². The second-order valence-corrected chi connectivity index (χ2v) is 4.24. The van der Waals surface area contributed by atoms with E-state index < -0.39 is 0 Å². The van der Waals surface area contributed by atoms with Crippen molar-refractivity contribution in [3.05, 3.63) is 59.9 Å². The molecule has 1 N–H and O–H groups in total. The van der Waals surface area contributed by atoms with Crippen LogP contribution in [-0.2, 0) is 6.54 Å². The molecule has 0 fully saturated rings. The summed E-state index contributed by atoms with van der Waals surface area (Å²) in [6.45, 7) is 2.95. The molecule has 94 valence electrons. The zero-order valence-corrected chi connectivity index (χ0v) is 10.8. The van der Waals surface area contributed by atoms with Gasteiger partial charge in [0, 0.05) is 25.0 Å². The van der Waals surface area contributed by atoms with Gasteiger partial charge in [-0.2, -0.15) is 0 Å². The molecule has 1 aromatic heterocycles. The first-order valence-corrected chi connectivity index (χ1v) is 6.06. The van der Waals surface area contributed by atoms with Gasteiger partial charge in [-0.15, -0.1) is 0 Å². The van der Waals surface area contributed by atoms with Crippen LogP contribution < -0.4 is 10.1 Å². The molecule has 0 aliphatic heterocycles. The van der Waals surface area contributed by atoms with Crippen LogP contribution in [-0.4, -0.2) is 12.1 Å². The molecule has 0 aliphatic carbocycles. The monoisotopic (exact) mass is 242 g/mol. The number of ether oxygens (including phenoxy) is 1. The van der Waals surface area contributed by atoms with E-state index in [1.807, 2.05) is 30.5 Å². The second kappa shape index (κ2) is 6.17. The molecule has 0 bridgehead atoms. The Labute approximate surface area is 108 Å². The fourth-order valence-corrected chi connectivity index (χ4v) is 1.80. The van der Waals surface area contributed by atoms with Crippen LogP contribution >= 0.6 is 0 Å². The van der Waals surface area contributed by atoms with Crippen molar-refractivity contribution in [2.75, 3.05) is 7.11 Å². The summed E-state index contributed by atoms with van der Waals surface area (Å²) in [5, 5.41) is 3.47. The van der Waals surface area contributed by atoms with Gasteiger partial charge in [-0.3, -0.25) is 4.98 Å². The minimum atomic E-state index is 0.282. The van der Waals surface area contributed by atoms with Crippen molar-refractivity contribution in [3.63, 3.8) is 0 Å². The third-order valence-electron chi connectivity index (χ3n) is 2.93. The summed E-state index contributed by atoms with van der Waals surface area (Å²) in [4.78, 5) is 4.13. The van der Waals surface area contributed by atoms with Crippen molar-refractivity contribution in [3.8, 4) is 5.75 Å². The molecule has 18 heavy (non-hydrogen) atoms. The largest absolute Gasteiger partial charge is 0.497 e. The summed E-state index contributed by atoms with van der Waals surface area (Å²) < 4.78 is 5.21. The van der Waals surface area contributed by atoms with E-state index in [1.165, 1.54) is 11.1 Å². The SMILES string of the molecule is COc1cccc(CN[C@H](C)c2cccnc2)c1. The van der Waals surface area contributed by atoms with E-state index in [2.05, 4.69) is 29.4 Å². The topological polar surface area (TPSA) is 34.1 Å². The number of nitrogens with one attached hydrogen (secondary N) is 1. The van der Waals surface area contributed by atoms with Crippen LogP contribution in [0.2, 0.25) is 0 Å². The number of hydrogen-bond donors (Lipinski definition) is 1. The molecule has 0 saturated carbocycles. The highest BCUT2D eigenvalue weighted by Gasteiger charge is 2.04. The lowest BCUT2D eigenvalue weighted by atomic mass is 10.1. The Morgan fingerprint density at radius 3 is 2.89 bits per heavy atom. The molecule has 3 nitrogen and oxygen atoms in total. The summed E-state index contributed by atoms with van der Waals surface area (Å²) in [6, 6.07) is 12.4. The summed E-state index contributed by atoms with van der Waals surface area (Å²) in [6.07, 6.45) is 3.68. The molecule has 0 saturated heterocycles. The summed E-state index contributed by atoms with van der Waals surface area (Å²) in [5.74, 6) is 0.892. The predicted octanol–water partition coefficient (Wildman–Crippen LogP) is 2.94. The average molecular weight is 242 g/mol. The normalized spacial score (nSPS) is 12.1. The van der Waals surface area contributed by atoms with E-state index in [0.717, 1.165) is 12.3 Å². The lowest BCUT2D eigenvalue weighted by Crippen LogP contribution is -2.18. The molecular weight excluding hydrogens is 224 g/mol. The van der Waals surface area contributed by atoms with E-state index in [4.69, 9.17) is 4.74 Å². The quantitative estimate of drug-likeness (QED) is 0.875. The van der Waals surface area contributed by atoms with Crippen LogP contribution in [0, 0.1) is 0 Å². The molecule has 0 spiro atoms. The first-order valence-electron chi connectivity index (χ1n) is 6.06. The molecular formula is C15H18N2O. The Bertz CT molecular complexity index is 485. The van der Waals surface area contributed by atoms with Crippen molar-refractivity contribution in [1.29, 1.82) is 0 Å². The maximum Gasteiger partial charge on any atom is 0.119 e. The molecule has 2 aromatic rings. The smallest absolute Gasteiger partial charge is 0.119 e. The van der Waals surface area contributed by atoms with E-state index in [1.54, 1.807) is 13.3 Å². The second-order valence-electron chi connectivity index (χ2n) is 4.24. The van der Waals surface area contributed by atoms with Crippen molar-refractivity contribution in [2.45, 2.75) is 19.5 Å². The average Bonchev–Trinajstić information content (AvgIpc) is 2.46. The summed E-state index contributed by atoms with van der Waals surface area (Å²) in [5.41, 5.74) is 2.41. The van der Waals surface area contributed by atoms with Gasteiger partial charge in [0.1, 0.15) is 5.75 Å². The molecule has 1 aromatic carbocycles. The van der Waals surface area contributed by atoms with Crippen LogP contribution in [0.15, 0.2) is 48.8 Å². The van der Waals surface area contributed by atoms with Crippen molar-refractivity contribution in [1.82, 2.24) is 10.3 Å². The lowest BCUT2D eigenvalue weighted by Gasteiger charge is -2.14. The van der Waals surface area contributed by atoms with Gasteiger partial charge in [-0.05, 0) is 36.2 Å². The molecule has 1 heterocycles. The van der Waals surface area contributed by atoms with Crippen LogP contribution in [0.1, 0.15) is 24.1 Å². The van der Waals surface area contributed by atoms with Gasteiger partial charge in [0.25, 0.3) is 0 Å². The van der Waals surface area contributed by atoms with Gasteiger partial charge in [0.2, 0.25) is 0 Å². The summed E-state index contributed by atoms with van der Waals surface area (Å²) in [7, 11) is 1.69. The zero-order valence-electron chi connectivity index (χ0n) is 10.8. The van der Waals surface area contributed by atoms with E-state index in [0.29, 0.717) is 0 Å². The summed E-state index contributed by atoms with van der Waals surface area (Å²) >= 11 is 0. The maximum atomic E-state index is 5.21. The maximum absolute atomic E-state index is 5.21. The molecule has 3 heteroatoms. The van der Waals surface area contributed by atoms with Gasteiger partial charge in [0.15, 0.2) is 0 Å². The number of nitrogens with zero attached hydrogens (tertiary/aromatic N) is 1. The Morgan fingerprint density at radius 2 is 2.17 bits per heavy atom. The Balaban J connectivity index is 1.95. The first kappa shape index (κ1) is 12.6. The minimum absolute atomic E-state index is 0.282. The van der Waals surface area contributed by atoms with Gasteiger partial charge >= 0.3 is 0 Å². The molecule has 0 unspecified atom stereocenters. The highest BCUT2D eigenvalue weighted by Crippen LogP contribution is 2.14. The number of benzene rings is 1. The van der Waals surface area contributed by atoms with Crippen LogP contribution in [0.5, 0.6) is 5.75 Å². The van der Waals surface area contributed by atoms with E-state index >= 15 is 0 Å². The predicted molar refractivity (Wildman–Crippen MR) is 72.5 cm³/mol. The number of pyridine rings is 1. The minimum Gasteiger partial charge on any atom is -0.497 e. The van der Waals surface area contributed by atoms with Gasteiger partial charge in [0.05, 0.1) is 7.11 Å². The third-order valence-corrected chi connectivity index (χ3v) is 2.93. The fourth-order valence-electron chi connectivity index (χ4n) is 1.80. The van der Waals surface area contributed by atoms with Crippen molar-refractivity contribution in [2.24, 2.45) is 0 Å². The van der Waals surface area contributed by atoms with Crippen LogP contribution in [0.25, 0.3) is 0 Å². The molecule has 0 amide bonds. The van der Waals surface area contributed by atoms with Gasteiger partial charge < -0.3 is 10.1 Å². The Hall–Kier alpha value is -1.87. The fraction of sp³-hybridized carbons (Fsp3) is 0.267. The standard InChI is InChI=1S/C15H18N2O/c1-12(14-6-4-8-16-11-14)17-10-13-5-3-7-15(9-13)18-2/h3-9,11-12,17H,10H2,1-2H3/t12-/m1/s1. The molecule has 0 radical (unpaired) electrons. The van der Waals surface area contributed by atoms with Gasteiger partial charge in [-0.25, -0.2) is 0 Å². The molecule has 0 aliphatic rings. The number of hydrogen-bond acceptors (Lipinski definition) is 3. The molecule has 1 atom stereocenters. The van der Waals surface area contributed by atoms with Crippen LogP contribution in [0.4, 0.5) is 0 Å². The number of aromatic nitrogens is 1. The first-order chi connectivity index (χ1) is 8.79. The van der Waals surface area contributed by atoms with E-state index in [9.17, 15) is 0 Å². The number of methoxy groups -OCH3 is 1. The van der Waals surface area contributed by atoms with Crippen LogP contribution in [0.3, 0.4) is 0 Å². The Kier molecular flexibility index (Phi) is 4.31. The lowest BCUT2D eigenvalue weighted by molar-refractivity contribution is 0.414. The zero-order chi connectivity index (χ0) is 12.8. The van der Waals surface area contributed by atoms with Crippen molar-refractivity contribution < 1.29 is 4.74 Å².